The second-order valence-electron chi connectivity index (χ2n) is 8.91. The molecule has 2 bridgehead atoms. The lowest BCUT2D eigenvalue weighted by molar-refractivity contribution is -0.196. The maximum Gasteiger partial charge on any atom is 0.142 e. The first-order valence-electron chi connectivity index (χ1n) is 9.52. The summed E-state index contributed by atoms with van der Waals surface area (Å²) in [6, 6.07) is 0. The predicted octanol–water partition coefficient (Wildman–Crippen LogP) is 2.93. The molecule has 5 rings (SSSR count). The van der Waals surface area contributed by atoms with Gasteiger partial charge in [0.2, 0.25) is 0 Å². The third kappa shape index (κ3) is 1.81. The van der Waals surface area contributed by atoms with Crippen LogP contribution in [0.5, 0.6) is 0 Å². The monoisotopic (exact) mass is 317 g/mol. The molecule has 3 heteroatoms. The molecule has 2 N–H and O–H groups in total. The van der Waals surface area contributed by atoms with Gasteiger partial charge in [0.1, 0.15) is 5.78 Å². The van der Waals surface area contributed by atoms with E-state index in [4.69, 9.17) is 0 Å². The van der Waals surface area contributed by atoms with Crippen molar-refractivity contribution in [3.05, 3.63) is 12.2 Å². The molecule has 0 saturated heterocycles. The summed E-state index contributed by atoms with van der Waals surface area (Å²) >= 11 is 0. The molecule has 0 heterocycles. The molecular formula is C20H31NO2. The Bertz CT molecular complexity index is 540. The SMILES string of the molecule is C=C1C2CCC3(C(=O)CC4C(C)CCCC4(CNC)C3C2)C1O. The quantitative estimate of drug-likeness (QED) is 0.770. The lowest BCUT2D eigenvalue weighted by Gasteiger charge is -2.67. The van der Waals surface area contributed by atoms with Crippen LogP contribution in [-0.2, 0) is 4.79 Å². The van der Waals surface area contributed by atoms with Gasteiger partial charge in [-0.3, -0.25) is 4.79 Å². The molecule has 5 aliphatic carbocycles. The van der Waals surface area contributed by atoms with Gasteiger partial charge in [-0.25, -0.2) is 0 Å². The molecule has 1 spiro atoms. The van der Waals surface area contributed by atoms with Crippen molar-refractivity contribution < 1.29 is 9.90 Å². The van der Waals surface area contributed by atoms with E-state index in [0.29, 0.717) is 35.9 Å². The van der Waals surface area contributed by atoms with Crippen LogP contribution in [0.25, 0.3) is 0 Å². The topological polar surface area (TPSA) is 49.3 Å². The van der Waals surface area contributed by atoms with Gasteiger partial charge in [-0.1, -0.05) is 26.3 Å². The summed E-state index contributed by atoms with van der Waals surface area (Å²) in [5.41, 5.74) is 0.625. The first-order chi connectivity index (χ1) is 11.0. The van der Waals surface area contributed by atoms with E-state index < -0.39 is 11.5 Å². The minimum atomic E-state index is -0.598. The molecule has 5 fully saturated rings. The van der Waals surface area contributed by atoms with Crippen LogP contribution in [0.2, 0.25) is 0 Å². The van der Waals surface area contributed by atoms with Crippen LogP contribution >= 0.6 is 0 Å². The molecule has 0 radical (unpaired) electrons. The predicted molar refractivity (Wildman–Crippen MR) is 90.9 cm³/mol. The second-order valence-corrected chi connectivity index (χ2v) is 8.91. The summed E-state index contributed by atoms with van der Waals surface area (Å²) in [4.78, 5) is 13.3. The number of aliphatic hydroxyl groups excluding tert-OH is 1. The minimum Gasteiger partial charge on any atom is -0.388 e. The Labute approximate surface area is 139 Å². The highest BCUT2D eigenvalue weighted by atomic mass is 16.3. The Morgan fingerprint density at radius 2 is 2.13 bits per heavy atom. The summed E-state index contributed by atoms with van der Waals surface area (Å²) in [5, 5.41) is 14.5. The lowest BCUT2D eigenvalue weighted by atomic mass is 9.37. The van der Waals surface area contributed by atoms with E-state index in [1.807, 2.05) is 7.05 Å². The van der Waals surface area contributed by atoms with Crippen molar-refractivity contribution in [3.63, 3.8) is 0 Å². The third-order valence-corrected chi connectivity index (χ3v) is 8.26. The van der Waals surface area contributed by atoms with Crippen molar-refractivity contribution in [3.8, 4) is 0 Å². The van der Waals surface area contributed by atoms with Gasteiger partial charge >= 0.3 is 0 Å². The fourth-order valence-corrected chi connectivity index (χ4v) is 7.26. The average molecular weight is 317 g/mol. The number of Topliss-reactive ketones (excluding diaryl/α,β-unsaturated/α-hetero) is 1. The molecule has 23 heavy (non-hydrogen) atoms. The van der Waals surface area contributed by atoms with Crippen molar-refractivity contribution in [2.45, 2.75) is 58.0 Å². The van der Waals surface area contributed by atoms with Crippen LogP contribution in [0.4, 0.5) is 0 Å². The van der Waals surface area contributed by atoms with E-state index in [2.05, 4.69) is 18.8 Å². The zero-order valence-corrected chi connectivity index (χ0v) is 14.6. The van der Waals surface area contributed by atoms with E-state index in [9.17, 15) is 9.90 Å². The van der Waals surface area contributed by atoms with E-state index in [1.54, 1.807) is 0 Å². The van der Waals surface area contributed by atoms with E-state index in [0.717, 1.165) is 31.4 Å². The molecule has 128 valence electrons. The van der Waals surface area contributed by atoms with Crippen molar-refractivity contribution in [1.82, 2.24) is 5.32 Å². The first kappa shape index (κ1) is 15.8. The van der Waals surface area contributed by atoms with Crippen LogP contribution in [0, 0.1) is 34.5 Å². The molecule has 0 amide bonds. The van der Waals surface area contributed by atoms with Crippen molar-refractivity contribution in [1.29, 1.82) is 0 Å². The first-order valence-corrected chi connectivity index (χ1v) is 9.52. The number of carbonyl (C=O) groups is 1. The van der Waals surface area contributed by atoms with Crippen LogP contribution in [0.1, 0.15) is 51.9 Å². The number of hydrogen-bond acceptors (Lipinski definition) is 3. The molecule has 7 atom stereocenters. The van der Waals surface area contributed by atoms with Gasteiger partial charge in [0.05, 0.1) is 11.5 Å². The van der Waals surface area contributed by atoms with Crippen LogP contribution in [0.15, 0.2) is 12.2 Å². The Balaban J connectivity index is 1.84. The molecule has 7 unspecified atom stereocenters. The van der Waals surface area contributed by atoms with Crippen molar-refractivity contribution in [2.75, 3.05) is 13.6 Å². The summed E-state index contributed by atoms with van der Waals surface area (Å²) in [6.07, 6.45) is 6.82. The zero-order valence-electron chi connectivity index (χ0n) is 14.6. The van der Waals surface area contributed by atoms with E-state index in [1.165, 1.54) is 19.3 Å². The van der Waals surface area contributed by atoms with Crippen molar-refractivity contribution >= 4 is 5.78 Å². The molecule has 0 aliphatic heterocycles. The van der Waals surface area contributed by atoms with Gasteiger partial charge in [0, 0.05) is 13.0 Å². The maximum absolute atomic E-state index is 13.3. The number of carbonyl (C=O) groups excluding carboxylic acids is 1. The smallest absolute Gasteiger partial charge is 0.142 e. The number of aliphatic hydroxyl groups is 1. The summed E-state index contributed by atoms with van der Waals surface area (Å²) < 4.78 is 0. The number of nitrogens with one attached hydrogen (secondary N) is 1. The average Bonchev–Trinajstić information content (AvgIpc) is 2.54. The highest BCUT2D eigenvalue weighted by Gasteiger charge is 2.69. The highest BCUT2D eigenvalue weighted by Crippen LogP contribution is 2.69. The van der Waals surface area contributed by atoms with Gasteiger partial charge in [0.25, 0.3) is 0 Å². The molecule has 0 aromatic rings. The van der Waals surface area contributed by atoms with Gasteiger partial charge in [-0.15, -0.1) is 0 Å². The molecule has 5 aliphatic rings. The van der Waals surface area contributed by atoms with Crippen LogP contribution in [0.3, 0.4) is 0 Å². The van der Waals surface area contributed by atoms with Gasteiger partial charge in [-0.05, 0) is 67.4 Å². The minimum absolute atomic E-state index is 0.195. The van der Waals surface area contributed by atoms with E-state index >= 15 is 0 Å². The Morgan fingerprint density at radius 3 is 2.87 bits per heavy atom. The molecule has 5 saturated carbocycles. The summed E-state index contributed by atoms with van der Waals surface area (Å²) in [6.45, 7) is 7.50. The highest BCUT2D eigenvalue weighted by molar-refractivity contribution is 5.88. The summed E-state index contributed by atoms with van der Waals surface area (Å²) in [7, 11) is 2.05. The molecule has 3 nitrogen and oxygen atoms in total. The fraction of sp³-hybridized carbons (Fsp3) is 0.850. The number of rotatable bonds is 2. The number of fused-ring (bicyclic) bond motifs is 3. The second kappa shape index (κ2) is 5.16. The number of hydrogen-bond donors (Lipinski definition) is 2. The van der Waals surface area contributed by atoms with Gasteiger partial charge < -0.3 is 10.4 Å². The Kier molecular flexibility index (Phi) is 3.55. The fourth-order valence-electron chi connectivity index (χ4n) is 7.26. The molecule has 0 aromatic heterocycles. The zero-order chi connectivity index (χ0) is 16.4. The van der Waals surface area contributed by atoms with Gasteiger partial charge in [0.15, 0.2) is 0 Å². The standard InChI is InChI=1S/C20H31NO2/c1-12-5-4-7-19(11-21-3)15(12)10-17(22)20-8-6-14(9-16(19)20)13(2)18(20)23/h12,14-16,18,21,23H,2,4-11H2,1,3H3. The van der Waals surface area contributed by atoms with Gasteiger partial charge in [-0.2, -0.15) is 0 Å². The summed E-state index contributed by atoms with van der Waals surface area (Å²) in [5.74, 6) is 2.23. The lowest BCUT2D eigenvalue weighted by Crippen LogP contribution is -2.69. The molecule has 0 aromatic carbocycles. The Hall–Kier alpha value is -0.670. The van der Waals surface area contributed by atoms with Crippen LogP contribution in [-0.4, -0.2) is 30.6 Å². The van der Waals surface area contributed by atoms with Crippen molar-refractivity contribution in [2.24, 2.45) is 34.5 Å². The number of ketones is 1. The van der Waals surface area contributed by atoms with Crippen LogP contribution < -0.4 is 5.32 Å². The normalized spacial score (nSPS) is 52.2. The Morgan fingerprint density at radius 1 is 1.35 bits per heavy atom. The van der Waals surface area contributed by atoms with E-state index in [-0.39, 0.29) is 5.41 Å². The maximum atomic E-state index is 13.3. The third-order valence-electron chi connectivity index (χ3n) is 8.26. The molecular weight excluding hydrogens is 286 g/mol. The largest absolute Gasteiger partial charge is 0.388 e.